The zero-order chi connectivity index (χ0) is 14.5. The van der Waals surface area contributed by atoms with Crippen LogP contribution in [0.1, 0.15) is 37.2 Å². The lowest BCUT2D eigenvalue weighted by molar-refractivity contribution is 0.0690. The number of benzene rings is 1. The van der Waals surface area contributed by atoms with E-state index >= 15 is 0 Å². The highest BCUT2D eigenvalue weighted by atomic mass is 16.4. The van der Waals surface area contributed by atoms with Crippen LogP contribution in [0.2, 0.25) is 0 Å². The summed E-state index contributed by atoms with van der Waals surface area (Å²) in [4.78, 5) is 13.5. The van der Waals surface area contributed by atoms with Crippen molar-refractivity contribution in [3.05, 3.63) is 30.0 Å². The molecule has 1 aromatic heterocycles. The number of carboxylic acids is 1. The zero-order valence-corrected chi connectivity index (χ0v) is 11.8. The van der Waals surface area contributed by atoms with Crippen molar-refractivity contribution in [3.63, 3.8) is 0 Å². The van der Waals surface area contributed by atoms with Crippen LogP contribution >= 0.6 is 0 Å². The van der Waals surface area contributed by atoms with E-state index in [2.05, 4.69) is 22.0 Å². The van der Waals surface area contributed by atoms with Gasteiger partial charge in [-0.3, -0.25) is 0 Å². The SMILES string of the molecule is CCCCN(CC)c1c(C(=O)O)nnc2ccccc12. The molecule has 0 atom stereocenters. The molecule has 0 bridgehead atoms. The van der Waals surface area contributed by atoms with E-state index in [0.717, 1.165) is 36.8 Å². The average Bonchev–Trinajstić information content (AvgIpc) is 2.47. The number of hydrogen-bond donors (Lipinski definition) is 1. The van der Waals surface area contributed by atoms with Gasteiger partial charge >= 0.3 is 5.97 Å². The van der Waals surface area contributed by atoms with E-state index < -0.39 is 5.97 Å². The topological polar surface area (TPSA) is 66.3 Å². The van der Waals surface area contributed by atoms with E-state index in [-0.39, 0.29) is 5.69 Å². The maximum atomic E-state index is 11.4. The summed E-state index contributed by atoms with van der Waals surface area (Å²) in [5, 5.41) is 18.1. The molecule has 5 nitrogen and oxygen atoms in total. The summed E-state index contributed by atoms with van der Waals surface area (Å²) in [5.74, 6) is -1.03. The predicted molar refractivity (Wildman–Crippen MR) is 79.3 cm³/mol. The van der Waals surface area contributed by atoms with E-state index in [0.29, 0.717) is 5.69 Å². The highest BCUT2D eigenvalue weighted by Gasteiger charge is 2.20. The normalized spacial score (nSPS) is 10.7. The Morgan fingerprint density at radius 1 is 1.25 bits per heavy atom. The molecule has 0 spiro atoms. The Kier molecular flexibility index (Phi) is 4.50. The fourth-order valence-electron chi connectivity index (χ4n) is 2.28. The molecule has 2 rings (SSSR count). The van der Waals surface area contributed by atoms with Crippen LogP contribution in [0.25, 0.3) is 10.9 Å². The van der Waals surface area contributed by atoms with Gasteiger partial charge in [0.15, 0.2) is 5.69 Å². The van der Waals surface area contributed by atoms with Gasteiger partial charge in [0.05, 0.1) is 11.2 Å². The van der Waals surface area contributed by atoms with E-state index in [1.807, 2.05) is 31.2 Å². The molecule has 5 heteroatoms. The van der Waals surface area contributed by atoms with Crippen LogP contribution in [0.3, 0.4) is 0 Å². The van der Waals surface area contributed by atoms with Crippen molar-refractivity contribution in [2.45, 2.75) is 26.7 Å². The molecule has 106 valence electrons. The molecule has 1 aromatic carbocycles. The molecule has 0 aliphatic rings. The third-order valence-corrected chi connectivity index (χ3v) is 3.32. The molecule has 0 aliphatic heterocycles. The standard InChI is InChI=1S/C15H19N3O2/c1-3-5-10-18(4-2)14-11-8-6-7-9-12(11)16-17-13(14)15(19)20/h6-9H,3-5,10H2,1-2H3,(H,19,20). The van der Waals surface area contributed by atoms with Gasteiger partial charge in [-0.05, 0) is 19.4 Å². The number of carbonyl (C=O) groups is 1. The molecule has 20 heavy (non-hydrogen) atoms. The molecule has 0 amide bonds. The molecule has 0 unspecified atom stereocenters. The van der Waals surface area contributed by atoms with Gasteiger partial charge in [-0.2, -0.15) is 0 Å². The number of nitrogens with zero attached hydrogens (tertiary/aromatic N) is 3. The maximum Gasteiger partial charge on any atom is 0.358 e. The lowest BCUT2D eigenvalue weighted by Gasteiger charge is -2.25. The number of hydrogen-bond acceptors (Lipinski definition) is 4. The van der Waals surface area contributed by atoms with Gasteiger partial charge in [0, 0.05) is 18.5 Å². The fraction of sp³-hybridized carbons (Fsp3) is 0.400. The second-order valence-corrected chi connectivity index (χ2v) is 4.65. The molecular formula is C15H19N3O2. The van der Waals surface area contributed by atoms with Crippen LogP contribution in [0, 0.1) is 0 Å². The third kappa shape index (κ3) is 2.71. The number of unbranched alkanes of at least 4 members (excludes halogenated alkanes) is 1. The fourth-order valence-corrected chi connectivity index (χ4v) is 2.28. The van der Waals surface area contributed by atoms with Crippen LogP contribution in [0.5, 0.6) is 0 Å². The number of carboxylic acid groups (broad SMARTS) is 1. The van der Waals surface area contributed by atoms with Gasteiger partial charge in [0.25, 0.3) is 0 Å². The number of fused-ring (bicyclic) bond motifs is 1. The maximum absolute atomic E-state index is 11.4. The minimum absolute atomic E-state index is 0.0293. The summed E-state index contributed by atoms with van der Waals surface area (Å²) >= 11 is 0. The van der Waals surface area contributed by atoms with Gasteiger partial charge in [0.2, 0.25) is 0 Å². The van der Waals surface area contributed by atoms with Gasteiger partial charge in [-0.15, -0.1) is 10.2 Å². The molecular weight excluding hydrogens is 254 g/mol. The largest absolute Gasteiger partial charge is 0.476 e. The first-order valence-corrected chi connectivity index (χ1v) is 6.92. The quantitative estimate of drug-likeness (QED) is 0.876. The molecule has 0 aliphatic carbocycles. The van der Waals surface area contributed by atoms with E-state index in [4.69, 9.17) is 0 Å². The Balaban J connectivity index is 2.61. The van der Waals surface area contributed by atoms with Gasteiger partial charge in [-0.25, -0.2) is 4.79 Å². The van der Waals surface area contributed by atoms with Crippen LogP contribution in [0.15, 0.2) is 24.3 Å². The molecule has 2 aromatic rings. The summed E-state index contributed by atoms with van der Waals surface area (Å²) < 4.78 is 0. The van der Waals surface area contributed by atoms with Crippen LogP contribution in [-0.2, 0) is 0 Å². The Labute approximate surface area is 118 Å². The highest BCUT2D eigenvalue weighted by Crippen LogP contribution is 2.28. The molecule has 1 N–H and O–H groups in total. The number of rotatable bonds is 6. The third-order valence-electron chi connectivity index (χ3n) is 3.32. The minimum atomic E-state index is -1.03. The van der Waals surface area contributed by atoms with Gasteiger partial charge in [0.1, 0.15) is 0 Å². The smallest absolute Gasteiger partial charge is 0.358 e. The van der Waals surface area contributed by atoms with E-state index in [1.165, 1.54) is 0 Å². The highest BCUT2D eigenvalue weighted by molar-refractivity contribution is 6.02. The molecule has 1 heterocycles. The first-order valence-electron chi connectivity index (χ1n) is 6.92. The van der Waals surface area contributed by atoms with Crippen molar-refractivity contribution >= 4 is 22.6 Å². The molecule has 0 saturated carbocycles. The van der Waals surface area contributed by atoms with Crippen molar-refractivity contribution in [3.8, 4) is 0 Å². The monoisotopic (exact) mass is 273 g/mol. The first-order chi connectivity index (χ1) is 9.69. The number of anilines is 1. The van der Waals surface area contributed by atoms with Crippen LogP contribution in [0.4, 0.5) is 5.69 Å². The van der Waals surface area contributed by atoms with Gasteiger partial charge in [-0.1, -0.05) is 31.5 Å². The predicted octanol–water partition coefficient (Wildman–Crippen LogP) is 2.95. The first kappa shape index (κ1) is 14.2. The molecule has 0 fully saturated rings. The van der Waals surface area contributed by atoms with Crippen molar-refractivity contribution in [1.29, 1.82) is 0 Å². The Hall–Kier alpha value is -2.17. The van der Waals surface area contributed by atoms with Crippen molar-refractivity contribution in [2.75, 3.05) is 18.0 Å². The number of aromatic nitrogens is 2. The summed E-state index contributed by atoms with van der Waals surface area (Å²) in [5.41, 5.74) is 1.43. The van der Waals surface area contributed by atoms with Crippen molar-refractivity contribution in [1.82, 2.24) is 10.2 Å². The van der Waals surface area contributed by atoms with E-state index in [1.54, 1.807) is 0 Å². The summed E-state index contributed by atoms with van der Waals surface area (Å²) in [6.45, 7) is 5.71. The van der Waals surface area contributed by atoms with Crippen molar-refractivity contribution < 1.29 is 9.90 Å². The van der Waals surface area contributed by atoms with Crippen molar-refractivity contribution in [2.24, 2.45) is 0 Å². The Bertz CT molecular complexity index is 613. The minimum Gasteiger partial charge on any atom is -0.476 e. The Morgan fingerprint density at radius 2 is 2.00 bits per heavy atom. The lowest BCUT2D eigenvalue weighted by Crippen LogP contribution is -2.27. The average molecular weight is 273 g/mol. The number of aromatic carboxylic acids is 1. The van der Waals surface area contributed by atoms with E-state index in [9.17, 15) is 9.90 Å². The van der Waals surface area contributed by atoms with Crippen LogP contribution in [-0.4, -0.2) is 34.4 Å². The van der Waals surface area contributed by atoms with Crippen LogP contribution < -0.4 is 4.90 Å². The second kappa shape index (κ2) is 6.32. The molecule has 0 radical (unpaired) electrons. The zero-order valence-electron chi connectivity index (χ0n) is 11.8. The summed E-state index contributed by atoms with van der Waals surface area (Å²) in [6.07, 6.45) is 2.08. The lowest BCUT2D eigenvalue weighted by atomic mass is 10.1. The summed E-state index contributed by atoms with van der Waals surface area (Å²) in [7, 11) is 0. The second-order valence-electron chi connectivity index (χ2n) is 4.65. The summed E-state index contributed by atoms with van der Waals surface area (Å²) in [6, 6.07) is 7.53. The molecule has 0 saturated heterocycles. The Morgan fingerprint density at radius 3 is 2.65 bits per heavy atom. The van der Waals surface area contributed by atoms with Gasteiger partial charge < -0.3 is 10.0 Å².